The summed E-state index contributed by atoms with van der Waals surface area (Å²) in [7, 11) is 1.54. The lowest BCUT2D eigenvalue weighted by atomic mass is 9.92. The minimum Gasteiger partial charge on any atom is -0.345 e. The van der Waals surface area contributed by atoms with E-state index in [4.69, 9.17) is 5.73 Å². The second-order valence-electron chi connectivity index (χ2n) is 6.19. The lowest BCUT2D eigenvalue weighted by Gasteiger charge is -2.32. The molecule has 23 heavy (non-hydrogen) atoms. The molecule has 136 valence electrons. The van der Waals surface area contributed by atoms with Crippen LogP contribution in [0.1, 0.15) is 33.1 Å². The average molecular weight is 360 g/mol. The molecule has 1 aliphatic heterocycles. The molecule has 0 radical (unpaired) electrons. The van der Waals surface area contributed by atoms with Crippen molar-refractivity contribution >= 4 is 24.2 Å². The molecule has 1 heterocycles. The van der Waals surface area contributed by atoms with Gasteiger partial charge in [0, 0.05) is 19.6 Å². The number of amides is 2. The second-order valence-corrected chi connectivity index (χ2v) is 6.19. The molecule has 1 saturated heterocycles. The van der Waals surface area contributed by atoms with Gasteiger partial charge in [0.25, 0.3) is 0 Å². The van der Waals surface area contributed by atoms with Crippen LogP contribution in [0.3, 0.4) is 0 Å². The van der Waals surface area contributed by atoms with Crippen molar-refractivity contribution in [2.24, 2.45) is 17.6 Å². The molecule has 2 amide bonds. The normalized spacial score (nSPS) is 23.0. The Morgan fingerprint density at radius 3 is 2.39 bits per heavy atom. The Hall–Kier alpha value is -1.02. The highest BCUT2D eigenvalue weighted by Crippen LogP contribution is 2.29. The fourth-order valence-corrected chi connectivity index (χ4v) is 2.34. The molecule has 3 unspecified atom stereocenters. The molecule has 0 aromatic heterocycles. The molecule has 0 aromatic rings. The molecule has 0 saturated carbocycles. The van der Waals surface area contributed by atoms with Crippen LogP contribution in [0.4, 0.5) is 13.2 Å². The lowest BCUT2D eigenvalue weighted by Crippen LogP contribution is -2.54. The van der Waals surface area contributed by atoms with E-state index in [1.54, 1.807) is 7.05 Å². The van der Waals surface area contributed by atoms with Crippen LogP contribution in [-0.2, 0) is 9.59 Å². The summed E-state index contributed by atoms with van der Waals surface area (Å²) >= 11 is 0. The highest BCUT2D eigenvalue weighted by molar-refractivity contribution is 6.00. The zero-order chi connectivity index (χ0) is 17.1. The maximum absolute atomic E-state index is 12.6. The van der Waals surface area contributed by atoms with Crippen molar-refractivity contribution in [2.75, 3.05) is 13.6 Å². The van der Waals surface area contributed by atoms with Crippen LogP contribution in [0.5, 0.6) is 0 Å². The molecule has 5 nitrogen and oxygen atoms in total. The Bertz CT molecular complexity index is 419. The molecule has 0 spiro atoms. The summed E-state index contributed by atoms with van der Waals surface area (Å²) in [5.74, 6) is -2.07. The second kappa shape index (κ2) is 8.73. The Balaban J connectivity index is 0.00000484. The number of piperidine rings is 1. The summed E-state index contributed by atoms with van der Waals surface area (Å²) < 4.78 is 37.7. The minimum absolute atomic E-state index is 0. The highest BCUT2D eigenvalue weighted by atomic mass is 35.5. The predicted molar refractivity (Wildman–Crippen MR) is 83.0 cm³/mol. The largest absolute Gasteiger partial charge is 0.408 e. The van der Waals surface area contributed by atoms with Crippen molar-refractivity contribution in [1.29, 1.82) is 0 Å². The number of nitrogens with two attached hydrogens (primary N) is 1. The highest BCUT2D eigenvalue weighted by Gasteiger charge is 2.46. The lowest BCUT2D eigenvalue weighted by molar-refractivity contribution is -0.172. The van der Waals surface area contributed by atoms with Gasteiger partial charge in [0.1, 0.15) is 12.0 Å². The van der Waals surface area contributed by atoms with Crippen LogP contribution in [0.2, 0.25) is 0 Å². The quantitative estimate of drug-likeness (QED) is 0.734. The molecule has 0 bridgehead atoms. The molecule has 3 N–H and O–H groups in total. The molecule has 0 aromatic carbocycles. The van der Waals surface area contributed by atoms with Crippen molar-refractivity contribution in [2.45, 2.75) is 51.4 Å². The van der Waals surface area contributed by atoms with Gasteiger partial charge >= 0.3 is 6.18 Å². The maximum Gasteiger partial charge on any atom is 0.408 e. The maximum atomic E-state index is 12.6. The molecular weight excluding hydrogens is 335 g/mol. The zero-order valence-corrected chi connectivity index (χ0v) is 14.3. The van der Waals surface area contributed by atoms with Crippen LogP contribution in [-0.4, -0.2) is 48.6 Å². The van der Waals surface area contributed by atoms with Crippen molar-refractivity contribution in [3.8, 4) is 0 Å². The van der Waals surface area contributed by atoms with E-state index in [9.17, 15) is 22.8 Å². The van der Waals surface area contributed by atoms with E-state index in [2.05, 4.69) is 0 Å². The van der Waals surface area contributed by atoms with Crippen molar-refractivity contribution < 1.29 is 22.8 Å². The number of nitrogens with zero attached hydrogens (tertiary/aromatic N) is 1. The number of alkyl halides is 3. The van der Waals surface area contributed by atoms with Gasteiger partial charge in [-0.15, -0.1) is 12.4 Å². The van der Waals surface area contributed by atoms with Gasteiger partial charge in [-0.3, -0.25) is 9.59 Å². The van der Waals surface area contributed by atoms with Gasteiger partial charge in [-0.2, -0.15) is 13.2 Å². The summed E-state index contributed by atoms with van der Waals surface area (Å²) in [5.41, 5.74) is 5.89. The summed E-state index contributed by atoms with van der Waals surface area (Å²) in [6, 6.07) is -1.92. The van der Waals surface area contributed by atoms with Crippen LogP contribution in [0.25, 0.3) is 0 Å². The monoisotopic (exact) mass is 359 g/mol. The number of carbonyl (C=O) groups excluding carboxylic acids is 2. The molecule has 1 rings (SSSR count). The fourth-order valence-electron chi connectivity index (χ4n) is 2.34. The van der Waals surface area contributed by atoms with E-state index in [1.807, 2.05) is 19.2 Å². The number of nitrogens with one attached hydrogen (secondary N) is 1. The number of carbonyl (C=O) groups is 2. The zero-order valence-electron chi connectivity index (χ0n) is 13.5. The first kappa shape index (κ1) is 22.0. The standard InChI is InChI=1S/C14H24F3N3O2.ClH/c1-8(2)10(18)6-7-20(3)13(22)9-4-5-11(14(15,16)17)19-12(9)21;/h8-11H,4-7,18H2,1-3H3,(H,19,21);1H. The first-order chi connectivity index (χ1) is 10.0. The van der Waals surface area contributed by atoms with Gasteiger partial charge < -0.3 is 16.0 Å². The SMILES string of the molecule is CC(C)C(N)CCN(C)C(=O)C1CCC(C(F)(F)F)NC1=O.Cl. The predicted octanol–water partition coefficient (Wildman–Crippen LogP) is 1.70. The first-order valence-corrected chi connectivity index (χ1v) is 7.41. The Morgan fingerprint density at radius 1 is 1.39 bits per heavy atom. The molecule has 9 heteroatoms. The van der Waals surface area contributed by atoms with Crippen LogP contribution < -0.4 is 11.1 Å². The van der Waals surface area contributed by atoms with Crippen LogP contribution in [0.15, 0.2) is 0 Å². The van der Waals surface area contributed by atoms with E-state index in [-0.39, 0.29) is 37.2 Å². The van der Waals surface area contributed by atoms with Gasteiger partial charge in [-0.05, 0) is 25.2 Å². The molecule has 3 atom stereocenters. The van der Waals surface area contributed by atoms with Gasteiger partial charge in [-0.25, -0.2) is 0 Å². The van der Waals surface area contributed by atoms with Crippen molar-refractivity contribution in [1.82, 2.24) is 10.2 Å². The summed E-state index contributed by atoms with van der Waals surface area (Å²) in [5, 5.41) is 1.89. The van der Waals surface area contributed by atoms with Crippen molar-refractivity contribution in [3.63, 3.8) is 0 Å². The fraction of sp³-hybridized carbons (Fsp3) is 0.857. The van der Waals surface area contributed by atoms with E-state index in [0.717, 1.165) is 0 Å². The summed E-state index contributed by atoms with van der Waals surface area (Å²) in [6.07, 6.45) is -4.25. The summed E-state index contributed by atoms with van der Waals surface area (Å²) in [6.45, 7) is 4.32. The Morgan fingerprint density at radius 2 is 1.96 bits per heavy atom. The summed E-state index contributed by atoms with van der Waals surface area (Å²) in [4.78, 5) is 25.3. The van der Waals surface area contributed by atoms with Crippen LogP contribution in [0, 0.1) is 11.8 Å². The number of hydrogen-bond donors (Lipinski definition) is 2. The third kappa shape index (κ3) is 6.18. The molecular formula is C14H25ClF3N3O2. The minimum atomic E-state index is -4.47. The number of rotatable bonds is 5. The van der Waals surface area contributed by atoms with Gasteiger partial charge in [0.05, 0.1) is 0 Å². The topological polar surface area (TPSA) is 75.4 Å². The van der Waals surface area contributed by atoms with E-state index >= 15 is 0 Å². The van der Waals surface area contributed by atoms with Gasteiger partial charge in [-0.1, -0.05) is 13.8 Å². The van der Waals surface area contributed by atoms with E-state index < -0.39 is 30.0 Å². The van der Waals surface area contributed by atoms with E-state index in [1.165, 1.54) is 4.90 Å². The average Bonchev–Trinajstić information content (AvgIpc) is 2.42. The number of halogens is 4. The first-order valence-electron chi connectivity index (χ1n) is 7.41. The third-order valence-electron chi connectivity index (χ3n) is 4.10. The molecule has 1 aliphatic rings. The van der Waals surface area contributed by atoms with Crippen LogP contribution >= 0.6 is 12.4 Å². The van der Waals surface area contributed by atoms with Gasteiger partial charge in [0.2, 0.25) is 11.8 Å². The molecule has 0 aliphatic carbocycles. The Labute approximate surface area is 140 Å². The van der Waals surface area contributed by atoms with Gasteiger partial charge in [0.15, 0.2) is 0 Å². The van der Waals surface area contributed by atoms with E-state index in [0.29, 0.717) is 13.0 Å². The smallest absolute Gasteiger partial charge is 0.345 e. The van der Waals surface area contributed by atoms with Crippen molar-refractivity contribution in [3.05, 3.63) is 0 Å². The Kier molecular flexibility index (Phi) is 8.34. The molecule has 1 fully saturated rings. The third-order valence-corrected chi connectivity index (χ3v) is 4.10. The number of hydrogen-bond acceptors (Lipinski definition) is 3.